The number of nitrogens with one attached hydrogen (secondary N) is 1. The predicted molar refractivity (Wildman–Crippen MR) is 70.3 cm³/mol. The second-order valence-corrected chi connectivity index (χ2v) is 5.06. The lowest BCUT2D eigenvalue weighted by molar-refractivity contribution is 0.270. The smallest absolute Gasteiger partial charge is 0.123 e. The van der Waals surface area contributed by atoms with E-state index in [1.165, 1.54) is 11.1 Å². The van der Waals surface area contributed by atoms with Crippen LogP contribution in [-0.4, -0.2) is 19.2 Å². The minimum atomic E-state index is 0.308. The van der Waals surface area contributed by atoms with Crippen LogP contribution in [0.1, 0.15) is 36.9 Å². The zero-order chi connectivity index (χ0) is 12.4. The van der Waals surface area contributed by atoms with Crippen molar-refractivity contribution < 1.29 is 4.74 Å². The summed E-state index contributed by atoms with van der Waals surface area (Å²) in [7, 11) is 1.72. The van der Waals surface area contributed by atoms with Crippen LogP contribution < -0.4 is 15.8 Å². The Labute approximate surface area is 103 Å². The van der Waals surface area contributed by atoms with Gasteiger partial charge in [0.25, 0.3) is 0 Å². The molecule has 17 heavy (non-hydrogen) atoms. The maximum absolute atomic E-state index is 5.80. The molecular formula is C14H22N2O. The normalized spacial score (nSPS) is 25.2. The van der Waals surface area contributed by atoms with Crippen molar-refractivity contribution in [2.75, 3.05) is 7.11 Å². The average molecular weight is 234 g/mol. The second kappa shape index (κ2) is 5.07. The van der Waals surface area contributed by atoms with E-state index >= 15 is 0 Å². The summed E-state index contributed by atoms with van der Waals surface area (Å²) in [5.41, 5.74) is 8.29. The molecule has 1 aromatic carbocycles. The first-order chi connectivity index (χ1) is 8.10. The van der Waals surface area contributed by atoms with E-state index in [9.17, 15) is 0 Å². The van der Waals surface area contributed by atoms with Gasteiger partial charge >= 0.3 is 0 Å². The molecule has 1 unspecified atom stereocenters. The summed E-state index contributed by atoms with van der Waals surface area (Å²) in [4.78, 5) is 0. The predicted octanol–water partition coefficient (Wildman–Crippen LogP) is 2.14. The van der Waals surface area contributed by atoms with Crippen LogP contribution in [0.5, 0.6) is 5.75 Å². The summed E-state index contributed by atoms with van der Waals surface area (Å²) in [6, 6.07) is 7.56. The fourth-order valence-electron chi connectivity index (χ4n) is 2.43. The number of rotatable bonds is 4. The maximum atomic E-state index is 5.80. The molecule has 0 aliphatic heterocycles. The van der Waals surface area contributed by atoms with E-state index < -0.39 is 0 Å². The van der Waals surface area contributed by atoms with Crippen LogP contribution in [0.25, 0.3) is 0 Å². The second-order valence-electron chi connectivity index (χ2n) is 5.06. The van der Waals surface area contributed by atoms with Crippen molar-refractivity contribution in [3.8, 4) is 5.75 Å². The third kappa shape index (κ3) is 2.79. The lowest BCUT2D eigenvalue weighted by Gasteiger charge is -2.35. The summed E-state index contributed by atoms with van der Waals surface area (Å²) in [5, 5.41) is 3.60. The minimum absolute atomic E-state index is 0.308. The highest BCUT2D eigenvalue weighted by Crippen LogP contribution is 2.28. The van der Waals surface area contributed by atoms with Gasteiger partial charge in [-0.05, 0) is 32.8 Å². The fourth-order valence-corrected chi connectivity index (χ4v) is 2.43. The summed E-state index contributed by atoms with van der Waals surface area (Å²) in [6.07, 6.45) is 2.16. The van der Waals surface area contributed by atoms with Gasteiger partial charge in [0.1, 0.15) is 5.75 Å². The standard InChI is InChI=1S/C14H22N2O/c1-9-4-5-14(17-3)13(6-9)10(2)16-12-7-11(15)8-12/h4-6,10-12,16H,7-8,15H2,1-3H3. The van der Waals surface area contributed by atoms with E-state index in [1.807, 2.05) is 6.07 Å². The van der Waals surface area contributed by atoms with Crippen molar-refractivity contribution in [3.05, 3.63) is 29.3 Å². The van der Waals surface area contributed by atoms with Gasteiger partial charge in [-0.3, -0.25) is 0 Å². The third-order valence-electron chi connectivity index (χ3n) is 3.51. The molecule has 0 heterocycles. The first kappa shape index (κ1) is 12.4. The number of nitrogens with two attached hydrogens (primary N) is 1. The van der Waals surface area contributed by atoms with Gasteiger partial charge < -0.3 is 15.8 Å². The maximum Gasteiger partial charge on any atom is 0.123 e. The number of benzene rings is 1. The molecule has 3 nitrogen and oxygen atoms in total. The van der Waals surface area contributed by atoms with Crippen molar-refractivity contribution in [2.45, 2.75) is 44.8 Å². The molecule has 2 rings (SSSR count). The fraction of sp³-hybridized carbons (Fsp3) is 0.571. The summed E-state index contributed by atoms with van der Waals surface area (Å²) in [6.45, 7) is 4.29. The van der Waals surface area contributed by atoms with Crippen LogP contribution in [0, 0.1) is 6.92 Å². The Morgan fingerprint density at radius 2 is 2.12 bits per heavy atom. The molecule has 1 aliphatic rings. The molecular weight excluding hydrogens is 212 g/mol. The molecule has 0 saturated heterocycles. The molecule has 0 radical (unpaired) electrons. The van der Waals surface area contributed by atoms with Crippen LogP contribution >= 0.6 is 0 Å². The first-order valence-electron chi connectivity index (χ1n) is 6.26. The Kier molecular flexibility index (Phi) is 3.69. The van der Waals surface area contributed by atoms with Crippen molar-refractivity contribution in [1.82, 2.24) is 5.32 Å². The Bertz CT molecular complexity index is 386. The molecule has 0 amide bonds. The van der Waals surface area contributed by atoms with Gasteiger partial charge in [0, 0.05) is 23.7 Å². The van der Waals surface area contributed by atoms with E-state index in [2.05, 4.69) is 31.3 Å². The Hall–Kier alpha value is -1.06. The van der Waals surface area contributed by atoms with Gasteiger partial charge in [0.05, 0.1) is 7.11 Å². The van der Waals surface area contributed by atoms with Gasteiger partial charge in [0.15, 0.2) is 0 Å². The molecule has 94 valence electrons. The summed E-state index contributed by atoms with van der Waals surface area (Å²) in [5.74, 6) is 0.958. The van der Waals surface area contributed by atoms with Gasteiger partial charge in [-0.1, -0.05) is 17.7 Å². The molecule has 3 N–H and O–H groups in total. The molecule has 0 aromatic heterocycles. The molecule has 3 heteroatoms. The lowest BCUT2D eigenvalue weighted by atomic mass is 9.86. The highest BCUT2D eigenvalue weighted by atomic mass is 16.5. The SMILES string of the molecule is COc1ccc(C)cc1C(C)NC1CC(N)C1. The average Bonchev–Trinajstić information content (AvgIpc) is 2.27. The number of methoxy groups -OCH3 is 1. The number of hydrogen-bond acceptors (Lipinski definition) is 3. The molecule has 0 bridgehead atoms. The Morgan fingerprint density at radius 1 is 1.41 bits per heavy atom. The highest BCUT2D eigenvalue weighted by Gasteiger charge is 2.27. The van der Waals surface area contributed by atoms with Crippen LogP contribution in [0.3, 0.4) is 0 Å². The van der Waals surface area contributed by atoms with Gasteiger partial charge in [-0.25, -0.2) is 0 Å². The van der Waals surface area contributed by atoms with Crippen molar-refractivity contribution in [1.29, 1.82) is 0 Å². The van der Waals surface area contributed by atoms with E-state index in [1.54, 1.807) is 7.11 Å². The number of aryl methyl sites for hydroxylation is 1. The molecule has 1 fully saturated rings. The highest BCUT2D eigenvalue weighted by molar-refractivity contribution is 5.39. The van der Waals surface area contributed by atoms with Crippen LogP contribution in [-0.2, 0) is 0 Å². The molecule has 1 aromatic rings. The van der Waals surface area contributed by atoms with Gasteiger partial charge in [-0.15, -0.1) is 0 Å². The first-order valence-corrected chi connectivity index (χ1v) is 6.26. The minimum Gasteiger partial charge on any atom is -0.496 e. The zero-order valence-corrected chi connectivity index (χ0v) is 10.9. The Balaban J connectivity index is 2.06. The van der Waals surface area contributed by atoms with Crippen molar-refractivity contribution >= 4 is 0 Å². The summed E-state index contributed by atoms with van der Waals surface area (Å²) < 4.78 is 5.41. The van der Waals surface area contributed by atoms with Crippen LogP contribution in [0.15, 0.2) is 18.2 Å². The topological polar surface area (TPSA) is 47.3 Å². The number of hydrogen-bond donors (Lipinski definition) is 2. The van der Waals surface area contributed by atoms with Crippen molar-refractivity contribution in [2.24, 2.45) is 5.73 Å². The van der Waals surface area contributed by atoms with E-state index in [0.717, 1.165) is 18.6 Å². The number of ether oxygens (including phenoxy) is 1. The Morgan fingerprint density at radius 3 is 2.71 bits per heavy atom. The van der Waals surface area contributed by atoms with Gasteiger partial charge in [-0.2, -0.15) is 0 Å². The van der Waals surface area contributed by atoms with E-state index in [4.69, 9.17) is 10.5 Å². The van der Waals surface area contributed by atoms with Crippen molar-refractivity contribution in [3.63, 3.8) is 0 Å². The van der Waals surface area contributed by atoms with E-state index in [-0.39, 0.29) is 0 Å². The monoisotopic (exact) mass is 234 g/mol. The molecule has 1 saturated carbocycles. The largest absolute Gasteiger partial charge is 0.496 e. The summed E-state index contributed by atoms with van der Waals surface area (Å²) >= 11 is 0. The van der Waals surface area contributed by atoms with Crippen LogP contribution in [0.2, 0.25) is 0 Å². The lowest BCUT2D eigenvalue weighted by Crippen LogP contribution is -2.49. The zero-order valence-electron chi connectivity index (χ0n) is 10.9. The molecule has 1 atom stereocenters. The molecule has 0 spiro atoms. The van der Waals surface area contributed by atoms with Gasteiger partial charge in [0.2, 0.25) is 0 Å². The van der Waals surface area contributed by atoms with Crippen LogP contribution in [0.4, 0.5) is 0 Å². The third-order valence-corrected chi connectivity index (χ3v) is 3.51. The molecule has 1 aliphatic carbocycles. The van der Waals surface area contributed by atoms with E-state index in [0.29, 0.717) is 18.1 Å². The quantitative estimate of drug-likeness (QED) is 0.839.